The number of ether oxygens (including phenoxy) is 1. The van der Waals surface area contributed by atoms with Gasteiger partial charge in [0.25, 0.3) is 0 Å². The van der Waals surface area contributed by atoms with Crippen molar-refractivity contribution in [2.24, 2.45) is 5.16 Å². The fourth-order valence-corrected chi connectivity index (χ4v) is 1.08. The molecule has 0 aliphatic heterocycles. The molecule has 1 aromatic carbocycles. The number of para-hydroxylation sites is 1. The molecule has 1 aromatic rings. The van der Waals surface area contributed by atoms with Crippen LogP contribution in [0.1, 0.15) is 12.5 Å². The molecular formula is C10H11NO4. The van der Waals surface area contributed by atoms with Crippen LogP contribution in [0, 0.1) is 0 Å². The Morgan fingerprint density at radius 2 is 2.13 bits per heavy atom. The third-order valence-electron chi connectivity index (χ3n) is 1.78. The van der Waals surface area contributed by atoms with Crippen molar-refractivity contribution < 1.29 is 19.8 Å². The predicted molar refractivity (Wildman–Crippen MR) is 53.6 cm³/mol. The van der Waals surface area contributed by atoms with Crippen molar-refractivity contribution in [2.75, 3.05) is 6.61 Å². The summed E-state index contributed by atoms with van der Waals surface area (Å²) in [6.07, 6.45) is 0. The smallest absolute Gasteiger partial charge is 0.341 e. The Hall–Kier alpha value is -2.04. The van der Waals surface area contributed by atoms with E-state index in [9.17, 15) is 4.79 Å². The van der Waals surface area contributed by atoms with Gasteiger partial charge in [-0.2, -0.15) is 0 Å². The molecule has 0 saturated carbocycles. The maximum atomic E-state index is 10.3. The van der Waals surface area contributed by atoms with Gasteiger partial charge in [-0.3, -0.25) is 0 Å². The summed E-state index contributed by atoms with van der Waals surface area (Å²) in [5.41, 5.74) is 0.942. The Morgan fingerprint density at radius 1 is 1.47 bits per heavy atom. The van der Waals surface area contributed by atoms with Crippen molar-refractivity contribution in [3.05, 3.63) is 29.8 Å². The molecule has 0 aromatic heterocycles. The van der Waals surface area contributed by atoms with E-state index in [1.165, 1.54) is 0 Å². The number of carbonyl (C=O) groups is 1. The van der Waals surface area contributed by atoms with Gasteiger partial charge in [0.15, 0.2) is 6.61 Å². The highest BCUT2D eigenvalue weighted by atomic mass is 16.5. The summed E-state index contributed by atoms with van der Waals surface area (Å²) in [6.45, 7) is 1.18. The van der Waals surface area contributed by atoms with Crippen molar-refractivity contribution >= 4 is 11.7 Å². The molecule has 1 rings (SSSR count). The lowest BCUT2D eigenvalue weighted by molar-refractivity contribution is -0.139. The number of carboxylic acid groups (broad SMARTS) is 1. The van der Waals surface area contributed by atoms with Crippen LogP contribution in [0.25, 0.3) is 0 Å². The van der Waals surface area contributed by atoms with Gasteiger partial charge in [0.1, 0.15) is 5.75 Å². The number of hydrogen-bond donors (Lipinski definition) is 2. The van der Waals surface area contributed by atoms with Crippen LogP contribution in [-0.2, 0) is 4.79 Å². The van der Waals surface area contributed by atoms with Gasteiger partial charge in [0, 0.05) is 5.56 Å². The summed E-state index contributed by atoms with van der Waals surface area (Å²) in [4.78, 5) is 10.3. The van der Waals surface area contributed by atoms with E-state index >= 15 is 0 Å². The number of aliphatic carboxylic acids is 1. The molecule has 0 radical (unpaired) electrons. The van der Waals surface area contributed by atoms with E-state index < -0.39 is 12.6 Å². The second-order valence-electron chi connectivity index (χ2n) is 2.86. The molecule has 0 atom stereocenters. The standard InChI is InChI=1S/C10H11NO4/c1-7(11-14)8-4-2-3-5-9(8)15-6-10(12)13/h2-5,14H,6H2,1H3,(H,12,13)/b11-7-. The van der Waals surface area contributed by atoms with Crippen LogP contribution < -0.4 is 4.74 Å². The Morgan fingerprint density at radius 3 is 2.73 bits per heavy atom. The minimum atomic E-state index is -1.05. The van der Waals surface area contributed by atoms with Crippen LogP contribution in [0.3, 0.4) is 0 Å². The average molecular weight is 209 g/mol. The van der Waals surface area contributed by atoms with Crippen molar-refractivity contribution in [1.29, 1.82) is 0 Å². The third-order valence-corrected chi connectivity index (χ3v) is 1.78. The molecule has 0 spiro atoms. The van der Waals surface area contributed by atoms with E-state index in [-0.39, 0.29) is 0 Å². The van der Waals surface area contributed by atoms with Crippen LogP contribution >= 0.6 is 0 Å². The van der Waals surface area contributed by atoms with Gasteiger partial charge in [-0.05, 0) is 19.1 Å². The van der Waals surface area contributed by atoms with E-state index in [0.717, 1.165) is 0 Å². The van der Waals surface area contributed by atoms with Crippen molar-refractivity contribution in [3.8, 4) is 5.75 Å². The summed E-state index contributed by atoms with van der Waals surface area (Å²) in [5, 5.41) is 20.1. The zero-order valence-electron chi connectivity index (χ0n) is 8.17. The molecule has 0 bridgehead atoms. The van der Waals surface area contributed by atoms with Crippen molar-refractivity contribution in [3.63, 3.8) is 0 Å². The van der Waals surface area contributed by atoms with Gasteiger partial charge in [-0.25, -0.2) is 4.79 Å². The van der Waals surface area contributed by atoms with Crippen LogP contribution in [0.15, 0.2) is 29.4 Å². The number of hydrogen-bond acceptors (Lipinski definition) is 4. The first-order valence-electron chi connectivity index (χ1n) is 4.28. The number of carboxylic acids is 1. The molecule has 2 N–H and O–H groups in total. The topological polar surface area (TPSA) is 79.1 Å². The Balaban J connectivity index is 2.91. The van der Waals surface area contributed by atoms with Crippen molar-refractivity contribution in [2.45, 2.75) is 6.92 Å². The molecule has 0 unspecified atom stereocenters. The van der Waals surface area contributed by atoms with Gasteiger partial charge in [-0.15, -0.1) is 0 Å². The van der Waals surface area contributed by atoms with E-state index in [4.69, 9.17) is 15.1 Å². The molecule has 80 valence electrons. The highest BCUT2D eigenvalue weighted by molar-refractivity contribution is 6.00. The number of oxime groups is 1. The largest absolute Gasteiger partial charge is 0.481 e. The van der Waals surface area contributed by atoms with Crippen LogP contribution in [0.4, 0.5) is 0 Å². The summed E-state index contributed by atoms with van der Waals surface area (Å²) in [6, 6.07) is 6.77. The molecular weight excluding hydrogens is 198 g/mol. The van der Waals surface area contributed by atoms with Gasteiger partial charge in [-0.1, -0.05) is 17.3 Å². The normalized spacial score (nSPS) is 11.1. The second-order valence-corrected chi connectivity index (χ2v) is 2.86. The number of rotatable bonds is 4. The Labute approximate surface area is 86.6 Å². The summed E-state index contributed by atoms with van der Waals surface area (Å²) in [5.74, 6) is -0.668. The molecule has 0 fully saturated rings. The van der Waals surface area contributed by atoms with Gasteiger partial charge in [0.2, 0.25) is 0 Å². The molecule has 0 aliphatic rings. The first kappa shape index (κ1) is 11.0. The molecule has 5 nitrogen and oxygen atoms in total. The Kier molecular flexibility index (Phi) is 3.68. The summed E-state index contributed by atoms with van der Waals surface area (Å²) < 4.78 is 5.03. The lowest BCUT2D eigenvalue weighted by Crippen LogP contribution is -2.11. The van der Waals surface area contributed by atoms with Crippen LogP contribution in [0.2, 0.25) is 0 Å². The summed E-state index contributed by atoms with van der Waals surface area (Å²) in [7, 11) is 0. The fraction of sp³-hybridized carbons (Fsp3) is 0.200. The number of nitrogens with zero attached hydrogens (tertiary/aromatic N) is 1. The molecule has 0 heterocycles. The maximum Gasteiger partial charge on any atom is 0.341 e. The van der Waals surface area contributed by atoms with Gasteiger partial charge < -0.3 is 15.1 Å². The average Bonchev–Trinajstić information content (AvgIpc) is 2.25. The number of benzene rings is 1. The van der Waals surface area contributed by atoms with Gasteiger partial charge in [0.05, 0.1) is 5.71 Å². The molecule has 0 saturated heterocycles. The first-order chi connectivity index (χ1) is 7.15. The third kappa shape index (κ3) is 2.98. The highest BCUT2D eigenvalue weighted by Gasteiger charge is 2.07. The first-order valence-corrected chi connectivity index (χ1v) is 4.28. The lowest BCUT2D eigenvalue weighted by atomic mass is 10.1. The highest BCUT2D eigenvalue weighted by Crippen LogP contribution is 2.18. The monoisotopic (exact) mass is 209 g/mol. The lowest BCUT2D eigenvalue weighted by Gasteiger charge is -2.08. The van der Waals surface area contributed by atoms with E-state index in [1.807, 2.05) is 0 Å². The van der Waals surface area contributed by atoms with Crippen LogP contribution in [-0.4, -0.2) is 28.6 Å². The summed E-state index contributed by atoms with van der Waals surface area (Å²) >= 11 is 0. The van der Waals surface area contributed by atoms with Crippen LogP contribution in [0.5, 0.6) is 5.75 Å². The molecule has 0 aliphatic carbocycles. The second kappa shape index (κ2) is 4.99. The van der Waals surface area contributed by atoms with E-state index in [2.05, 4.69) is 5.16 Å². The Bertz CT molecular complexity index is 387. The maximum absolute atomic E-state index is 10.3. The predicted octanol–water partition coefficient (Wildman–Crippen LogP) is 1.35. The SMILES string of the molecule is C/C(=N/O)c1ccccc1OCC(=O)O. The fourth-order valence-electron chi connectivity index (χ4n) is 1.08. The molecule has 0 amide bonds. The molecule has 15 heavy (non-hydrogen) atoms. The minimum absolute atomic E-state index is 0.371. The molecule has 5 heteroatoms. The zero-order chi connectivity index (χ0) is 11.3. The minimum Gasteiger partial charge on any atom is -0.481 e. The van der Waals surface area contributed by atoms with Gasteiger partial charge >= 0.3 is 5.97 Å². The zero-order valence-corrected chi connectivity index (χ0v) is 8.17. The van der Waals surface area contributed by atoms with E-state index in [0.29, 0.717) is 17.0 Å². The quantitative estimate of drug-likeness (QED) is 0.445. The van der Waals surface area contributed by atoms with Crippen molar-refractivity contribution in [1.82, 2.24) is 0 Å². The van der Waals surface area contributed by atoms with E-state index in [1.54, 1.807) is 31.2 Å².